The molecular weight excluding hydrogens is 506 g/mol. The standard InChI is InChI=1S/C28H28ClN5O4/c1-28(2,3)38-27(35)34-14-21(15-34)37-20-8-9-24-22(13-20)26(32-17-31-24)33-18-7-10-25(23(29)12-18)36-16-19-6-4-5-11-30-19/h4-13,17,21H,14-16H2,1-3H3,(H,31,32,33). The van der Waals surface area contributed by atoms with Gasteiger partial charge in [0.15, 0.2) is 0 Å². The van der Waals surface area contributed by atoms with E-state index in [0.717, 1.165) is 22.3 Å². The Balaban J connectivity index is 1.24. The van der Waals surface area contributed by atoms with E-state index in [-0.39, 0.29) is 12.2 Å². The van der Waals surface area contributed by atoms with Gasteiger partial charge in [-0.25, -0.2) is 14.8 Å². The summed E-state index contributed by atoms with van der Waals surface area (Å²) in [5.74, 6) is 1.84. The van der Waals surface area contributed by atoms with Crippen LogP contribution in [0.2, 0.25) is 5.02 Å². The molecular formula is C28H28ClN5O4. The highest BCUT2D eigenvalue weighted by Gasteiger charge is 2.35. The molecule has 3 heterocycles. The molecule has 5 rings (SSSR count). The van der Waals surface area contributed by atoms with Gasteiger partial charge < -0.3 is 24.4 Å². The van der Waals surface area contributed by atoms with Gasteiger partial charge in [-0.15, -0.1) is 0 Å². The number of fused-ring (bicyclic) bond motifs is 1. The van der Waals surface area contributed by atoms with Gasteiger partial charge in [0.25, 0.3) is 0 Å². The van der Waals surface area contributed by atoms with Gasteiger partial charge in [-0.1, -0.05) is 17.7 Å². The quantitative estimate of drug-likeness (QED) is 0.309. The van der Waals surface area contributed by atoms with Crippen molar-refractivity contribution in [3.8, 4) is 11.5 Å². The lowest BCUT2D eigenvalue weighted by Gasteiger charge is -2.39. The number of amides is 1. The smallest absolute Gasteiger partial charge is 0.410 e. The van der Waals surface area contributed by atoms with Crippen molar-refractivity contribution in [3.05, 3.63) is 77.8 Å². The Morgan fingerprint density at radius 1 is 1.08 bits per heavy atom. The number of benzene rings is 2. The number of halogens is 1. The van der Waals surface area contributed by atoms with Gasteiger partial charge in [0.05, 0.1) is 29.3 Å². The molecule has 1 aliphatic heterocycles. The molecule has 2 aromatic heterocycles. The number of carbonyl (C=O) groups is 1. The van der Waals surface area contributed by atoms with Gasteiger partial charge in [0.2, 0.25) is 0 Å². The van der Waals surface area contributed by atoms with Crippen LogP contribution < -0.4 is 14.8 Å². The minimum absolute atomic E-state index is 0.113. The first-order valence-electron chi connectivity index (χ1n) is 12.2. The molecule has 196 valence electrons. The van der Waals surface area contributed by atoms with Crippen molar-refractivity contribution in [1.29, 1.82) is 0 Å². The maximum atomic E-state index is 12.2. The maximum Gasteiger partial charge on any atom is 0.410 e. The number of pyridine rings is 1. The number of nitrogens with one attached hydrogen (secondary N) is 1. The molecule has 2 aromatic carbocycles. The number of carbonyl (C=O) groups excluding carboxylic acids is 1. The summed E-state index contributed by atoms with van der Waals surface area (Å²) >= 11 is 6.48. The lowest BCUT2D eigenvalue weighted by atomic mass is 10.1. The van der Waals surface area contributed by atoms with Crippen LogP contribution in [0.5, 0.6) is 11.5 Å². The zero-order valence-electron chi connectivity index (χ0n) is 21.3. The van der Waals surface area contributed by atoms with E-state index < -0.39 is 5.60 Å². The fourth-order valence-corrected chi connectivity index (χ4v) is 4.09. The molecule has 0 saturated carbocycles. The summed E-state index contributed by atoms with van der Waals surface area (Å²) in [7, 11) is 0. The number of hydrogen-bond acceptors (Lipinski definition) is 8. The number of nitrogens with zero attached hydrogens (tertiary/aromatic N) is 4. The number of aromatic nitrogens is 3. The Labute approximate surface area is 225 Å². The topological polar surface area (TPSA) is 98.7 Å². The van der Waals surface area contributed by atoms with E-state index in [9.17, 15) is 4.79 Å². The van der Waals surface area contributed by atoms with Crippen LogP contribution in [-0.2, 0) is 11.3 Å². The van der Waals surface area contributed by atoms with E-state index in [1.807, 2.05) is 63.2 Å². The average molecular weight is 534 g/mol. The van der Waals surface area contributed by atoms with Crippen molar-refractivity contribution in [2.45, 2.75) is 39.1 Å². The lowest BCUT2D eigenvalue weighted by Crippen LogP contribution is -2.57. The number of hydrogen-bond donors (Lipinski definition) is 1. The Morgan fingerprint density at radius 2 is 1.92 bits per heavy atom. The summed E-state index contributed by atoms with van der Waals surface area (Å²) in [5, 5.41) is 4.57. The minimum atomic E-state index is -0.526. The highest BCUT2D eigenvalue weighted by molar-refractivity contribution is 6.32. The maximum absolute atomic E-state index is 12.2. The second-order valence-corrected chi connectivity index (χ2v) is 10.3. The third kappa shape index (κ3) is 6.23. The zero-order chi connectivity index (χ0) is 26.7. The summed E-state index contributed by atoms with van der Waals surface area (Å²) in [4.78, 5) is 26.9. The first-order chi connectivity index (χ1) is 18.2. The fraction of sp³-hybridized carbons (Fsp3) is 0.286. The normalized spacial score (nSPS) is 13.6. The summed E-state index contributed by atoms with van der Waals surface area (Å²) in [5.41, 5.74) is 1.80. The molecule has 0 unspecified atom stereocenters. The molecule has 38 heavy (non-hydrogen) atoms. The van der Waals surface area contributed by atoms with Crippen LogP contribution in [0.25, 0.3) is 10.9 Å². The number of ether oxygens (including phenoxy) is 3. The van der Waals surface area contributed by atoms with E-state index in [2.05, 4.69) is 20.3 Å². The van der Waals surface area contributed by atoms with Gasteiger partial charge in [0, 0.05) is 17.3 Å². The molecule has 1 fully saturated rings. The predicted molar refractivity (Wildman–Crippen MR) is 145 cm³/mol. The summed E-state index contributed by atoms with van der Waals surface area (Å²) in [6.07, 6.45) is 2.78. The van der Waals surface area contributed by atoms with Gasteiger partial charge in [-0.2, -0.15) is 0 Å². The van der Waals surface area contributed by atoms with Crippen molar-refractivity contribution < 1.29 is 19.0 Å². The summed E-state index contributed by atoms with van der Waals surface area (Å²) in [6.45, 7) is 6.81. The van der Waals surface area contributed by atoms with Gasteiger partial charge in [-0.3, -0.25) is 4.98 Å². The molecule has 0 spiro atoms. The second kappa shape index (κ2) is 10.7. The van der Waals surface area contributed by atoms with Crippen LogP contribution >= 0.6 is 11.6 Å². The molecule has 1 aliphatic rings. The molecule has 4 aromatic rings. The van der Waals surface area contributed by atoms with E-state index in [1.165, 1.54) is 6.33 Å². The average Bonchev–Trinajstić information content (AvgIpc) is 2.85. The molecule has 0 aliphatic carbocycles. The first-order valence-corrected chi connectivity index (χ1v) is 12.6. The SMILES string of the molecule is CC(C)(C)OC(=O)N1CC(Oc2ccc3ncnc(Nc4ccc(OCc5ccccn5)c(Cl)c4)c3c2)C1. The highest BCUT2D eigenvalue weighted by atomic mass is 35.5. The molecule has 0 bridgehead atoms. The third-order valence-electron chi connectivity index (χ3n) is 5.71. The third-order valence-corrected chi connectivity index (χ3v) is 6.00. The molecule has 0 atom stereocenters. The van der Waals surface area contributed by atoms with Crippen LogP contribution in [0, 0.1) is 0 Å². The Kier molecular flexibility index (Phi) is 7.20. The first kappa shape index (κ1) is 25.5. The molecule has 9 nitrogen and oxygen atoms in total. The molecule has 0 radical (unpaired) electrons. The Hall–Kier alpha value is -4.11. The Morgan fingerprint density at radius 3 is 2.66 bits per heavy atom. The van der Waals surface area contributed by atoms with Crippen LogP contribution in [0.4, 0.5) is 16.3 Å². The van der Waals surface area contributed by atoms with Gasteiger partial charge in [-0.05, 0) is 69.3 Å². The number of rotatable bonds is 7. The Bertz CT molecular complexity index is 1440. The summed E-state index contributed by atoms with van der Waals surface area (Å²) in [6, 6.07) is 16.7. The van der Waals surface area contributed by atoms with Gasteiger partial charge >= 0.3 is 6.09 Å². The van der Waals surface area contributed by atoms with Crippen molar-refractivity contribution in [2.75, 3.05) is 18.4 Å². The van der Waals surface area contributed by atoms with E-state index in [0.29, 0.717) is 42.0 Å². The van der Waals surface area contributed by atoms with Crippen LogP contribution in [-0.4, -0.2) is 50.7 Å². The predicted octanol–water partition coefficient (Wildman–Crippen LogP) is 6.00. The van der Waals surface area contributed by atoms with Crippen LogP contribution in [0.15, 0.2) is 67.1 Å². The second-order valence-electron chi connectivity index (χ2n) is 9.91. The van der Waals surface area contributed by atoms with Gasteiger partial charge in [0.1, 0.15) is 42.0 Å². The fourth-order valence-electron chi connectivity index (χ4n) is 3.86. The van der Waals surface area contributed by atoms with E-state index in [4.69, 9.17) is 25.8 Å². The van der Waals surface area contributed by atoms with Crippen molar-refractivity contribution >= 4 is 40.1 Å². The largest absolute Gasteiger partial charge is 0.487 e. The molecule has 1 N–H and O–H groups in total. The molecule has 10 heteroatoms. The number of likely N-dealkylation sites (tertiary alicyclic amines) is 1. The van der Waals surface area contributed by atoms with Crippen LogP contribution in [0.3, 0.4) is 0 Å². The lowest BCUT2D eigenvalue weighted by molar-refractivity contribution is -0.0221. The van der Waals surface area contributed by atoms with Crippen molar-refractivity contribution in [1.82, 2.24) is 19.9 Å². The zero-order valence-corrected chi connectivity index (χ0v) is 22.1. The van der Waals surface area contributed by atoms with Crippen molar-refractivity contribution in [2.24, 2.45) is 0 Å². The van der Waals surface area contributed by atoms with Crippen molar-refractivity contribution in [3.63, 3.8) is 0 Å². The monoisotopic (exact) mass is 533 g/mol. The van der Waals surface area contributed by atoms with E-state index >= 15 is 0 Å². The minimum Gasteiger partial charge on any atom is -0.487 e. The van der Waals surface area contributed by atoms with Crippen LogP contribution in [0.1, 0.15) is 26.5 Å². The highest BCUT2D eigenvalue weighted by Crippen LogP contribution is 2.32. The summed E-state index contributed by atoms with van der Waals surface area (Å²) < 4.78 is 17.3. The number of anilines is 2. The van der Waals surface area contributed by atoms with E-state index in [1.54, 1.807) is 23.2 Å². The molecule has 1 amide bonds. The molecule has 1 saturated heterocycles.